The molecule has 0 aromatic heterocycles. The van der Waals surface area contributed by atoms with Gasteiger partial charge in [-0.25, -0.2) is 0 Å². The third kappa shape index (κ3) is 5.83. The highest BCUT2D eigenvalue weighted by molar-refractivity contribution is 7.69. The lowest BCUT2D eigenvalue weighted by atomic mass is 9.95. The second-order valence-corrected chi connectivity index (χ2v) is 12.2. The fourth-order valence-electron chi connectivity index (χ4n) is 4.37. The summed E-state index contributed by atoms with van der Waals surface area (Å²) in [6.45, 7) is 0. The molecule has 0 spiro atoms. The summed E-state index contributed by atoms with van der Waals surface area (Å²) in [5.74, 6) is 0. The molecule has 2 atom stereocenters. The fourth-order valence-corrected chi connectivity index (χ4v) is 8.25. The molecule has 1 saturated carbocycles. The van der Waals surface area contributed by atoms with Gasteiger partial charge in [0.05, 0.1) is 28.5 Å². The molecule has 1 aliphatic rings. The zero-order valence-electron chi connectivity index (χ0n) is 19.2. The van der Waals surface area contributed by atoms with Gasteiger partial charge in [-0.3, -0.25) is 0 Å². The molecule has 0 saturated heterocycles. The van der Waals surface area contributed by atoms with Crippen molar-refractivity contribution in [1.29, 1.82) is 0 Å². The molecular formula is C30H30O2P2. The molecule has 4 aromatic rings. The van der Waals surface area contributed by atoms with Gasteiger partial charge in [-0.1, -0.05) is 134 Å². The molecule has 1 aliphatic carbocycles. The Morgan fingerprint density at radius 3 is 0.941 bits per heavy atom. The van der Waals surface area contributed by atoms with Crippen molar-refractivity contribution in [2.75, 3.05) is 0 Å². The number of hydrogen-bond donors (Lipinski definition) is 0. The van der Waals surface area contributed by atoms with Crippen molar-refractivity contribution in [2.45, 2.75) is 37.9 Å². The highest BCUT2D eigenvalue weighted by atomic mass is 31.1. The Morgan fingerprint density at radius 2 is 0.676 bits per heavy atom. The molecule has 4 aromatic carbocycles. The van der Waals surface area contributed by atoms with E-state index in [1.54, 1.807) is 0 Å². The van der Waals surface area contributed by atoms with Crippen LogP contribution in [-0.4, -0.2) is 12.2 Å². The lowest BCUT2D eigenvalue weighted by molar-refractivity contribution is 0.0414. The molecule has 2 unspecified atom stereocenters. The maximum Gasteiger partial charge on any atom is 0.0923 e. The van der Waals surface area contributed by atoms with Crippen LogP contribution in [0.15, 0.2) is 121 Å². The normalized spacial score (nSPS) is 18.3. The third-order valence-corrected chi connectivity index (χ3v) is 10.1. The smallest absolute Gasteiger partial charge is 0.0923 e. The van der Waals surface area contributed by atoms with Crippen LogP contribution in [0.5, 0.6) is 0 Å². The van der Waals surface area contributed by atoms with Crippen LogP contribution in [0.25, 0.3) is 0 Å². The van der Waals surface area contributed by atoms with E-state index in [9.17, 15) is 0 Å². The first-order chi connectivity index (χ1) is 16.9. The first-order valence-corrected chi connectivity index (χ1v) is 14.5. The van der Waals surface area contributed by atoms with E-state index in [-0.39, 0.29) is 12.2 Å². The first-order valence-electron chi connectivity index (χ1n) is 12.0. The second-order valence-electron chi connectivity index (χ2n) is 8.50. The molecular weight excluding hydrogens is 454 g/mol. The largest absolute Gasteiger partial charge is 0.344 e. The van der Waals surface area contributed by atoms with Gasteiger partial charge in [-0.2, -0.15) is 0 Å². The topological polar surface area (TPSA) is 18.5 Å². The molecule has 0 heterocycles. The molecule has 2 nitrogen and oxygen atoms in total. The van der Waals surface area contributed by atoms with Crippen molar-refractivity contribution in [2.24, 2.45) is 0 Å². The summed E-state index contributed by atoms with van der Waals surface area (Å²) >= 11 is 0. The average molecular weight is 485 g/mol. The Bertz CT molecular complexity index is 952. The summed E-state index contributed by atoms with van der Waals surface area (Å²) < 4.78 is 14.0. The van der Waals surface area contributed by atoms with Crippen LogP contribution >= 0.6 is 16.3 Å². The van der Waals surface area contributed by atoms with Gasteiger partial charge in [0, 0.05) is 21.2 Å². The summed E-state index contributed by atoms with van der Waals surface area (Å²) in [5, 5.41) is 5.01. The van der Waals surface area contributed by atoms with Gasteiger partial charge < -0.3 is 9.05 Å². The molecule has 0 N–H and O–H groups in total. The maximum atomic E-state index is 7.00. The predicted octanol–water partition coefficient (Wildman–Crippen LogP) is 6.43. The van der Waals surface area contributed by atoms with Crippen molar-refractivity contribution >= 4 is 37.5 Å². The monoisotopic (exact) mass is 484 g/mol. The molecule has 0 radical (unpaired) electrons. The molecule has 0 amide bonds. The van der Waals surface area contributed by atoms with E-state index in [1.165, 1.54) is 34.1 Å². The van der Waals surface area contributed by atoms with Gasteiger partial charge in [-0.15, -0.1) is 0 Å². The third-order valence-electron chi connectivity index (χ3n) is 6.09. The van der Waals surface area contributed by atoms with E-state index < -0.39 is 16.3 Å². The van der Waals surface area contributed by atoms with Gasteiger partial charge in [0.25, 0.3) is 0 Å². The highest BCUT2D eigenvalue weighted by Gasteiger charge is 2.33. The van der Waals surface area contributed by atoms with Crippen LogP contribution in [0.4, 0.5) is 0 Å². The van der Waals surface area contributed by atoms with Gasteiger partial charge in [0.1, 0.15) is 0 Å². The van der Waals surface area contributed by atoms with Gasteiger partial charge in [0.15, 0.2) is 0 Å². The van der Waals surface area contributed by atoms with Crippen LogP contribution in [0.2, 0.25) is 0 Å². The zero-order valence-corrected chi connectivity index (χ0v) is 21.0. The van der Waals surface area contributed by atoms with Crippen LogP contribution < -0.4 is 21.2 Å². The summed E-state index contributed by atoms with van der Waals surface area (Å²) in [6, 6.07) is 42.7. The maximum absolute atomic E-state index is 7.00. The van der Waals surface area contributed by atoms with E-state index >= 15 is 0 Å². The number of rotatable bonds is 8. The molecule has 0 bridgehead atoms. The predicted molar refractivity (Wildman–Crippen MR) is 146 cm³/mol. The Kier molecular flexibility index (Phi) is 8.17. The SMILES string of the molecule is c1ccc(P(OC2CCCCC2OP(c2ccccc2)c2ccccc2)c2ccccc2)cc1. The standard InChI is InChI=1S/C30H30O2P2/c1-5-15-25(16-6-1)33(26-17-7-2-8-18-26)31-29-23-13-14-24-30(29)32-34(27-19-9-3-10-20-27)28-21-11-4-12-22-28/h1-12,15-22,29-30H,13-14,23-24H2. The zero-order chi connectivity index (χ0) is 23.0. The van der Waals surface area contributed by atoms with Crippen molar-refractivity contribution in [3.63, 3.8) is 0 Å². The van der Waals surface area contributed by atoms with Crippen LogP contribution in [0.3, 0.4) is 0 Å². The summed E-state index contributed by atoms with van der Waals surface area (Å²) in [6.07, 6.45) is 4.61. The van der Waals surface area contributed by atoms with Crippen molar-refractivity contribution in [3.05, 3.63) is 121 Å². The first kappa shape index (κ1) is 23.4. The Balaban J connectivity index is 1.43. The molecule has 1 fully saturated rings. The molecule has 34 heavy (non-hydrogen) atoms. The van der Waals surface area contributed by atoms with Gasteiger partial charge in [0.2, 0.25) is 0 Å². The lowest BCUT2D eigenvalue weighted by Crippen LogP contribution is -2.36. The lowest BCUT2D eigenvalue weighted by Gasteiger charge is -2.36. The summed E-state index contributed by atoms with van der Waals surface area (Å²) in [4.78, 5) is 0. The van der Waals surface area contributed by atoms with Crippen LogP contribution in [0.1, 0.15) is 25.7 Å². The summed E-state index contributed by atoms with van der Waals surface area (Å²) in [7, 11) is -1.81. The minimum Gasteiger partial charge on any atom is -0.344 e. The molecule has 172 valence electrons. The van der Waals surface area contributed by atoms with E-state index in [4.69, 9.17) is 9.05 Å². The van der Waals surface area contributed by atoms with E-state index in [0.717, 1.165) is 12.8 Å². The molecule has 4 heteroatoms. The highest BCUT2D eigenvalue weighted by Crippen LogP contribution is 2.45. The van der Waals surface area contributed by atoms with E-state index in [2.05, 4.69) is 121 Å². The van der Waals surface area contributed by atoms with Crippen molar-refractivity contribution in [1.82, 2.24) is 0 Å². The van der Waals surface area contributed by atoms with Gasteiger partial charge in [-0.05, 0) is 12.8 Å². The Morgan fingerprint density at radius 1 is 0.412 bits per heavy atom. The van der Waals surface area contributed by atoms with Crippen LogP contribution in [0, 0.1) is 0 Å². The molecule has 0 aliphatic heterocycles. The van der Waals surface area contributed by atoms with E-state index in [1.807, 2.05) is 0 Å². The minimum atomic E-state index is -0.907. The summed E-state index contributed by atoms with van der Waals surface area (Å²) in [5.41, 5.74) is 0. The van der Waals surface area contributed by atoms with Crippen molar-refractivity contribution in [3.8, 4) is 0 Å². The number of hydrogen-bond acceptors (Lipinski definition) is 2. The molecule has 5 rings (SSSR count). The fraction of sp³-hybridized carbons (Fsp3) is 0.200. The quantitative estimate of drug-likeness (QED) is 0.269. The average Bonchev–Trinajstić information content (AvgIpc) is 2.93. The Labute approximate surface area is 205 Å². The van der Waals surface area contributed by atoms with Gasteiger partial charge >= 0.3 is 0 Å². The second kappa shape index (κ2) is 11.9. The van der Waals surface area contributed by atoms with Crippen LogP contribution in [-0.2, 0) is 9.05 Å². The van der Waals surface area contributed by atoms with E-state index in [0.29, 0.717) is 0 Å². The van der Waals surface area contributed by atoms with Crippen molar-refractivity contribution < 1.29 is 9.05 Å². The number of benzene rings is 4. The minimum absolute atomic E-state index is 0.0812. The Hall–Kier alpha value is -2.34.